The third-order valence-corrected chi connectivity index (χ3v) is 2.27. The van der Waals surface area contributed by atoms with Gasteiger partial charge in [-0.05, 0) is 24.3 Å². The summed E-state index contributed by atoms with van der Waals surface area (Å²) in [6, 6.07) is 12.0. The van der Waals surface area contributed by atoms with Gasteiger partial charge in [0.1, 0.15) is 5.75 Å². The highest BCUT2D eigenvalue weighted by molar-refractivity contribution is 5.99. The molecule has 16 heavy (non-hydrogen) atoms. The second kappa shape index (κ2) is 4.57. The number of carbonyl (C=O) groups is 1. The molecule has 0 aliphatic heterocycles. The van der Waals surface area contributed by atoms with E-state index in [4.69, 9.17) is 0 Å². The molecule has 80 valence electrons. The van der Waals surface area contributed by atoms with Crippen LogP contribution in [0.3, 0.4) is 0 Å². The number of aromatic hydroxyl groups is 1. The molecule has 1 aromatic carbocycles. The topological polar surface area (TPSA) is 50.2 Å². The van der Waals surface area contributed by atoms with Crippen LogP contribution in [0.15, 0.2) is 48.7 Å². The number of benzene rings is 1. The normalized spacial score (nSPS) is 10.0. The van der Waals surface area contributed by atoms with Gasteiger partial charge in [-0.25, -0.2) is 0 Å². The fourth-order valence-electron chi connectivity index (χ4n) is 1.47. The van der Waals surface area contributed by atoms with Crippen LogP contribution < -0.4 is 0 Å². The van der Waals surface area contributed by atoms with E-state index in [1.807, 2.05) is 6.07 Å². The highest BCUT2D eigenvalue weighted by Crippen LogP contribution is 2.17. The molecule has 2 rings (SSSR count). The lowest BCUT2D eigenvalue weighted by molar-refractivity contribution is 0.0989. The van der Waals surface area contributed by atoms with Crippen molar-refractivity contribution < 1.29 is 9.90 Å². The minimum absolute atomic E-state index is 0.0171. The van der Waals surface area contributed by atoms with Crippen molar-refractivity contribution in [2.24, 2.45) is 0 Å². The number of ketones is 1. The Morgan fingerprint density at radius 3 is 2.56 bits per heavy atom. The summed E-state index contributed by atoms with van der Waals surface area (Å²) in [5, 5.41) is 9.52. The number of para-hydroxylation sites is 1. The molecule has 0 atom stereocenters. The summed E-state index contributed by atoms with van der Waals surface area (Å²) in [7, 11) is 0. The molecule has 0 saturated carbocycles. The SMILES string of the molecule is O=C(Cc1ccccn1)c1ccccc1O. The van der Waals surface area contributed by atoms with Crippen LogP contribution in [0.2, 0.25) is 0 Å². The van der Waals surface area contributed by atoms with Gasteiger partial charge in [0.25, 0.3) is 0 Å². The quantitative estimate of drug-likeness (QED) is 0.795. The van der Waals surface area contributed by atoms with Gasteiger partial charge in [-0.1, -0.05) is 18.2 Å². The van der Waals surface area contributed by atoms with Crippen molar-refractivity contribution in [3.63, 3.8) is 0 Å². The van der Waals surface area contributed by atoms with Gasteiger partial charge in [0, 0.05) is 11.9 Å². The van der Waals surface area contributed by atoms with E-state index in [2.05, 4.69) is 4.98 Å². The van der Waals surface area contributed by atoms with Gasteiger partial charge in [-0.2, -0.15) is 0 Å². The van der Waals surface area contributed by atoms with Crippen molar-refractivity contribution in [2.75, 3.05) is 0 Å². The van der Waals surface area contributed by atoms with Gasteiger partial charge in [-0.15, -0.1) is 0 Å². The third kappa shape index (κ3) is 2.25. The monoisotopic (exact) mass is 213 g/mol. The molecule has 3 heteroatoms. The van der Waals surface area contributed by atoms with E-state index < -0.39 is 0 Å². The van der Waals surface area contributed by atoms with Gasteiger partial charge >= 0.3 is 0 Å². The Labute approximate surface area is 93.4 Å². The Bertz CT molecular complexity index is 494. The van der Waals surface area contributed by atoms with Gasteiger partial charge < -0.3 is 5.11 Å². The second-order valence-electron chi connectivity index (χ2n) is 3.44. The maximum Gasteiger partial charge on any atom is 0.172 e. The van der Waals surface area contributed by atoms with Crippen molar-refractivity contribution >= 4 is 5.78 Å². The number of hydrogen-bond donors (Lipinski definition) is 1. The van der Waals surface area contributed by atoms with Crippen molar-refractivity contribution in [3.05, 3.63) is 59.9 Å². The highest BCUT2D eigenvalue weighted by atomic mass is 16.3. The van der Waals surface area contributed by atoms with E-state index in [0.717, 1.165) is 0 Å². The molecule has 0 amide bonds. The summed E-state index contributed by atoms with van der Waals surface area (Å²) >= 11 is 0. The lowest BCUT2D eigenvalue weighted by Gasteiger charge is -2.02. The van der Waals surface area contributed by atoms with Gasteiger partial charge in [0.2, 0.25) is 0 Å². The molecule has 1 aromatic heterocycles. The average molecular weight is 213 g/mol. The van der Waals surface area contributed by atoms with E-state index in [-0.39, 0.29) is 18.0 Å². The number of aromatic nitrogens is 1. The van der Waals surface area contributed by atoms with Gasteiger partial charge in [0.15, 0.2) is 5.78 Å². The Morgan fingerprint density at radius 1 is 1.12 bits per heavy atom. The first-order chi connectivity index (χ1) is 7.77. The van der Waals surface area contributed by atoms with Gasteiger partial charge in [0.05, 0.1) is 12.0 Å². The molecule has 0 radical (unpaired) electrons. The number of phenols is 1. The maximum absolute atomic E-state index is 11.8. The number of nitrogens with zero attached hydrogens (tertiary/aromatic N) is 1. The summed E-state index contributed by atoms with van der Waals surface area (Å²) in [5.74, 6) is -0.111. The first-order valence-electron chi connectivity index (χ1n) is 4.98. The van der Waals surface area contributed by atoms with Crippen LogP contribution in [0.1, 0.15) is 16.1 Å². The van der Waals surface area contributed by atoms with E-state index in [9.17, 15) is 9.90 Å². The van der Waals surface area contributed by atoms with Crippen molar-refractivity contribution in [1.29, 1.82) is 0 Å². The molecule has 0 fully saturated rings. The molecule has 0 saturated heterocycles. The zero-order chi connectivity index (χ0) is 11.4. The molecular weight excluding hydrogens is 202 g/mol. The Kier molecular flexibility index (Phi) is 2.96. The summed E-state index contributed by atoms with van der Waals surface area (Å²) in [6.07, 6.45) is 1.85. The van der Waals surface area contributed by atoms with E-state index in [0.29, 0.717) is 11.3 Å². The number of hydrogen-bond acceptors (Lipinski definition) is 3. The zero-order valence-corrected chi connectivity index (χ0v) is 8.63. The predicted octanol–water partition coefficient (Wildman–Crippen LogP) is 2.21. The highest BCUT2D eigenvalue weighted by Gasteiger charge is 2.11. The zero-order valence-electron chi connectivity index (χ0n) is 8.63. The van der Waals surface area contributed by atoms with Crippen LogP contribution in [0.25, 0.3) is 0 Å². The lowest BCUT2D eigenvalue weighted by atomic mass is 10.1. The molecular formula is C13H11NO2. The number of pyridine rings is 1. The molecule has 2 aromatic rings. The number of Topliss-reactive ketones (excluding diaryl/α,β-unsaturated/α-hetero) is 1. The Balaban J connectivity index is 2.19. The number of carbonyl (C=O) groups excluding carboxylic acids is 1. The third-order valence-electron chi connectivity index (χ3n) is 2.27. The number of phenolic OH excluding ortho intramolecular Hbond substituents is 1. The summed E-state index contributed by atoms with van der Waals surface area (Å²) in [6.45, 7) is 0. The summed E-state index contributed by atoms with van der Waals surface area (Å²) < 4.78 is 0. The van der Waals surface area contributed by atoms with Crippen molar-refractivity contribution in [2.45, 2.75) is 6.42 Å². The smallest absolute Gasteiger partial charge is 0.172 e. The molecule has 0 unspecified atom stereocenters. The molecule has 3 nitrogen and oxygen atoms in total. The molecule has 1 N–H and O–H groups in total. The molecule has 0 aliphatic rings. The summed E-state index contributed by atoms with van der Waals surface area (Å²) in [5.41, 5.74) is 1.05. The Hall–Kier alpha value is -2.16. The second-order valence-corrected chi connectivity index (χ2v) is 3.44. The molecule has 0 bridgehead atoms. The first-order valence-corrected chi connectivity index (χ1v) is 4.98. The van der Waals surface area contributed by atoms with Crippen LogP contribution in [-0.2, 0) is 6.42 Å². The minimum Gasteiger partial charge on any atom is -0.507 e. The van der Waals surface area contributed by atoms with Crippen molar-refractivity contribution in [1.82, 2.24) is 4.98 Å². The largest absolute Gasteiger partial charge is 0.507 e. The first kappa shape index (κ1) is 10.4. The van der Waals surface area contributed by atoms with Crippen LogP contribution in [0.4, 0.5) is 0 Å². The fraction of sp³-hybridized carbons (Fsp3) is 0.0769. The Morgan fingerprint density at radius 2 is 1.88 bits per heavy atom. The van der Waals surface area contributed by atoms with E-state index in [1.165, 1.54) is 6.07 Å². The standard InChI is InChI=1S/C13H11NO2/c15-12-7-2-1-6-11(12)13(16)9-10-5-3-4-8-14-10/h1-8,15H,9H2. The molecule has 1 heterocycles. The average Bonchev–Trinajstić information content (AvgIpc) is 2.31. The molecule has 0 spiro atoms. The van der Waals surface area contributed by atoms with E-state index in [1.54, 1.807) is 36.5 Å². The molecule has 0 aliphatic carbocycles. The summed E-state index contributed by atoms with van der Waals surface area (Å²) in [4.78, 5) is 15.9. The van der Waals surface area contributed by atoms with E-state index >= 15 is 0 Å². The van der Waals surface area contributed by atoms with Crippen LogP contribution in [0.5, 0.6) is 5.75 Å². The van der Waals surface area contributed by atoms with Crippen LogP contribution in [0, 0.1) is 0 Å². The minimum atomic E-state index is -0.128. The number of rotatable bonds is 3. The van der Waals surface area contributed by atoms with Crippen LogP contribution in [-0.4, -0.2) is 15.9 Å². The van der Waals surface area contributed by atoms with Crippen LogP contribution >= 0.6 is 0 Å². The predicted molar refractivity (Wildman–Crippen MR) is 60.4 cm³/mol. The van der Waals surface area contributed by atoms with Gasteiger partial charge in [-0.3, -0.25) is 9.78 Å². The lowest BCUT2D eigenvalue weighted by Crippen LogP contribution is -2.04. The van der Waals surface area contributed by atoms with Crippen molar-refractivity contribution in [3.8, 4) is 5.75 Å². The maximum atomic E-state index is 11.8. The fourth-order valence-corrected chi connectivity index (χ4v) is 1.47.